The first-order chi connectivity index (χ1) is 6.40. The second-order valence-corrected chi connectivity index (χ2v) is 2.65. The predicted octanol–water partition coefficient (Wildman–Crippen LogP) is 2.17. The fraction of sp³-hybridized carbons (Fsp3) is 0.100. The van der Waals surface area contributed by atoms with Gasteiger partial charge in [-0.1, -0.05) is 18.2 Å². The number of aromatic nitrogens is 1. The van der Waals surface area contributed by atoms with Crippen LogP contribution in [0, 0.1) is 0 Å². The zero-order valence-corrected chi connectivity index (χ0v) is 8.54. The quantitative estimate of drug-likeness (QED) is 0.772. The summed E-state index contributed by atoms with van der Waals surface area (Å²) in [5.74, 6) is 0.584. The predicted molar refractivity (Wildman–Crippen MR) is 58.7 cm³/mol. The number of fused-ring (bicyclic) bond motifs is 1. The molecule has 0 saturated heterocycles. The standard InChI is InChI=1S/C10H10N2O.ClH/c1-11-13-10-7-6-8-4-2-3-5-9(8)12-10;/h2-7,11H,1H3;1H. The van der Waals surface area contributed by atoms with Gasteiger partial charge in [0.05, 0.1) is 5.52 Å². The van der Waals surface area contributed by atoms with Crippen LogP contribution in [0.4, 0.5) is 0 Å². The number of rotatable bonds is 2. The van der Waals surface area contributed by atoms with Crippen LogP contribution in [0.25, 0.3) is 10.9 Å². The molecule has 0 spiro atoms. The van der Waals surface area contributed by atoms with E-state index in [-0.39, 0.29) is 12.4 Å². The van der Waals surface area contributed by atoms with Crippen LogP contribution in [0.3, 0.4) is 0 Å². The zero-order valence-electron chi connectivity index (χ0n) is 7.73. The first kappa shape index (κ1) is 10.8. The molecule has 0 aliphatic rings. The Balaban J connectivity index is 0.000000980. The maximum Gasteiger partial charge on any atom is 0.238 e. The van der Waals surface area contributed by atoms with Gasteiger partial charge in [0.25, 0.3) is 0 Å². The summed E-state index contributed by atoms with van der Waals surface area (Å²) in [4.78, 5) is 9.33. The Hall–Kier alpha value is -1.32. The lowest BCUT2D eigenvalue weighted by molar-refractivity contribution is 0.215. The molecule has 0 aliphatic heterocycles. The summed E-state index contributed by atoms with van der Waals surface area (Å²) < 4.78 is 0. The Morgan fingerprint density at radius 2 is 1.93 bits per heavy atom. The van der Waals surface area contributed by atoms with Crippen molar-refractivity contribution in [3.05, 3.63) is 36.4 Å². The lowest BCUT2D eigenvalue weighted by Gasteiger charge is -2.02. The molecular weight excluding hydrogens is 200 g/mol. The number of para-hydroxylation sites is 1. The Morgan fingerprint density at radius 1 is 1.14 bits per heavy atom. The second kappa shape index (κ2) is 4.79. The SMILES string of the molecule is CNOc1ccc2ccccc2n1.Cl. The van der Waals surface area contributed by atoms with Crippen LogP contribution in [-0.4, -0.2) is 12.0 Å². The number of hydrogen-bond acceptors (Lipinski definition) is 3. The van der Waals surface area contributed by atoms with Gasteiger partial charge in [-0.05, 0) is 12.1 Å². The van der Waals surface area contributed by atoms with E-state index in [1.54, 1.807) is 7.05 Å². The maximum atomic E-state index is 5.05. The lowest BCUT2D eigenvalue weighted by atomic mass is 10.2. The van der Waals surface area contributed by atoms with E-state index < -0.39 is 0 Å². The molecule has 0 amide bonds. The highest BCUT2D eigenvalue weighted by atomic mass is 35.5. The summed E-state index contributed by atoms with van der Waals surface area (Å²) in [5, 5.41) is 1.12. The Bertz CT molecular complexity index is 420. The first-order valence-electron chi connectivity index (χ1n) is 4.09. The van der Waals surface area contributed by atoms with Gasteiger partial charge in [-0.15, -0.1) is 12.4 Å². The van der Waals surface area contributed by atoms with Crippen molar-refractivity contribution in [2.45, 2.75) is 0 Å². The lowest BCUT2D eigenvalue weighted by Crippen LogP contribution is -2.11. The summed E-state index contributed by atoms with van der Waals surface area (Å²) in [7, 11) is 1.71. The molecule has 0 aliphatic carbocycles. The summed E-state index contributed by atoms with van der Waals surface area (Å²) in [6, 6.07) is 11.7. The van der Waals surface area contributed by atoms with E-state index >= 15 is 0 Å². The van der Waals surface area contributed by atoms with Gasteiger partial charge in [0.2, 0.25) is 5.88 Å². The monoisotopic (exact) mass is 210 g/mol. The first-order valence-corrected chi connectivity index (χ1v) is 4.09. The molecular formula is C10H11ClN2O. The average Bonchev–Trinajstić information content (AvgIpc) is 2.18. The van der Waals surface area contributed by atoms with Gasteiger partial charge in [-0.25, -0.2) is 4.98 Å². The molecule has 1 heterocycles. The summed E-state index contributed by atoms with van der Waals surface area (Å²) >= 11 is 0. The van der Waals surface area contributed by atoms with Crippen LogP contribution in [0.15, 0.2) is 36.4 Å². The third-order valence-electron chi connectivity index (χ3n) is 1.78. The number of hydrogen-bond donors (Lipinski definition) is 1. The largest absolute Gasteiger partial charge is 0.389 e. The minimum atomic E-state index is 0. The molecule has 0 atom stereocenters. The van der Waals surface area contributed by atoms with E-state index in [4.69, 9.17) is 4.84 Å². The Labute approximate surface area is 88.5 Å². The minimum absolute atomic E-state index is 0. The molecule has 1 N–H and O–H groups in total. The zero-order chi connectivity index (χ0) is 9.10. The fourth-order valence-electron chi connectivity index (χ4n) is 1.21. The summed E-state index contributed by atoms with van der Waals surface area (Å²) in [6.45, 7) is 0. The highest BCUT2D eigenvalue weighted by molar-refractivity contribution is 5.85. The van der Waals surface area contributed by atoms with Crippen LogP contribution in [0.5, 0.6) is 5.88 Å². The van der Waals surface area contributed by atoms with Crippen molar-refractivity contribution < 1.29 is 4.84 Å². The molecule has 4 heteroatoms. The molecule has 2 aromatic rings. The second-order valence-electron chi connectivity index (χ2n) is 2.65. The number of benzene rings is 1. The molecule has 14 heavy (non-hydrogen) atoms. The van der Waals surface area contributed by atoms with Crippen molar-refractivity contribution in [3.63, 3.8) is 0 Å². The van der Waals surface area contributed by atoms with Crippen LogP contribution >= 0.6 is 12.4 Å². The molecule has 0 bridgehead atoms. The van der Waals surface area contributed by atoms with Crippen molar-refractivity contribution in [2.24, 2.45) is 0 Å². The van der Waals surface area contributed by atoms with Crippen molar-refractivity contribution in [1.29, 1.82) is 0 Å². The fourth-order valence-corrected chi connectivity index (χ4v) is 1.21. The number of hydroxylamine groups is 1. The molecule has 1 aromatic heterocycles. The maximum absolute atomic E-state index is 5.05. The number of nitrogens with zero attached hydrogens (tertiary/aromatic N) is 1. The van der Waals surface area contributed by atoms with E-state index in [1.807, 2.05) is 36.4 Å². The third-order valence-corrected chi connectivity index (χ3v) is 1.78. The van der Waals surface area contributed by atoms with Crippen molar-refractivity contribution in [3.8, 4) is 5.88 Å². The molecule has 0 radical (unpaired) electrons. The van der Waals surface area contributed by atoms with Crippen LogP contribution in [-0.2, 0) is 0 Å². The van der Waals surface area contributed by atoms with Gasteiger partial charge in [0.1, 0.15) is 0 Å². The molecule has 2 rings (SSSR count). The van der Waals surface area contributed by atoms with Crippen molar-refractivity contribution >= 4 is 23.3 Å². The van der Waals surface area contributed by atoms with Gasteiger partial charge in [-0.2, -0.15) is 5.48 Å². The highest BCUT2D eigenvalue weighted by Crippen LogP contribution is 2.14. The van der Waals surface area contributed by atoms with Crippen LogP contribution < -0.4 is 10.3 Å². The number of halogens is 1. The minimum Gasteiger partial charge on any atom is -0.389 e. The van der Waals surface area contributed by atoms with Gasteiger partial charge >= 0.3 is 0 Å². The van der Waals surface area contributed by atoms with E-state index in [9.17, 15) is 0 Å². The van der Waals surface area contributed by atoms with Crippen molar-refractivity contribution in [2.75, 3.05) is 7.05 Å². The van der Waals surface area contributed by atoms with E-state index in [0.29, 0.717) is 5.88 Å². The van der Waals surface area contributed by atoms with Gasteiger partial charge in [0.15, 0.2) is 0 Å². The topological polar surface area (TPSA) is 34.1 Å². The highest BCUT2D eigenvalue weighted by Gasteiger charge is 1.96. The van der Waals surface area contributed by atoms with Crippen LogP contribution in [0.2, 0.25) is 0 Å². The van der Waals surface area contributed by atoms with E-state index in [2.05, 4.69) is 10.5 Å². The summed E-state index contributed by atoms with van der Waals surface area (Å²) in [6.07, 6.45) is 0. The van der Waals surface area contributed by atoms with E-state index in [1.165, 1.54) is 0 Å². The number of pyridine rings is 1. The van der Waals surface area contributed by atoms with E-state index in [0.717, 1.165) is 10.9 Å². The van der Waals surface area contributed by atoms with Gasteiger partial charge in [-0.3, -0.25) is 0 Å². The molecule has 0 unspecified atom stereocenters. The Kier molecular flexibility index (Phi) is 3.68. The smallest absolute Gasteiger partial charge is 0.238 e. The number of nitrogens with one attached hydrogen (secondary N) is 1. The molecule has 0 saturated carbocycles. The van der Waals surface area contributed by atoms with Gasteiger partial charge in [0, 0.05) is 18.5 Å². The molecule has 74 valence electrons. The van der Waals surface area contributed by atoms with Gasteiger partial charge < -0.3 is 4.84 Å². The summed E-state index contributed by atoms with van der Waals surface area (Å²) in [5.41, 5.74) is 3.53. The average molecular weight is 211 g/mol. The normalized spacial score (nSPS) is 9.50. The van der Waals surface area contributed by atoms with Crippen molar-refractivity contribution in [1.82, 2.24) is 10.5 Å². The Morgan fingerprint density at radius 3 is 2.71 bits per heavy atom. The third kappa shape index (κ3) is 2.13. The molecule has 0 fully saturated rings. The van der Waals surface area contributed by atoms with Crippen LogP contribution in [0.1, 0.15) is 0 Å². The molecule has 1 aromatic carbocycles. The molecule has 3 nitrogen and oxygen atoms in total.